The molecule has 0 fully saturated rings. The lowest BCUT2D eigenvalue weighted by Crippen LogP contribution is -2.12. The van der Waals surface area contributed by atoms with Crippen molar-refractivity contribution in [3.63, 3.8) is 0 Å². The number of benzene rings is 2. The van der Waals surface area contributed by atoms with Gasteiger partial charge in [-0.1, -0.05) is 29.4 Å². The van der Waals surface area contributed by atoms with Crippen molar-refractivity contribution < 1.29 is 0 Å². The van der Waals surface area contributed by atoms with E-state index in [0.29, 0.717) is 21.4 Å². The summed E-state index contributed by atoms with van der Waals surface area (Å²) in [6.07, 6.45) is 3.71. The van der Waals surface area contributed by atoms with Gasteiger partial charge in [0.05, 0.1) is 11.4 Å². The van der Waals surface area contributed by atoms with E-state index in [1.165, 1.54) is 11.8 Å². The summed E-state index contributed by atoms with van der Waals surface area (Å²) in [6.45, 7) is 1.95. The Labute approximate surface area is 148 Å². The van der Waals surface area contributed by atoms with E-state index in [2.05, 4.69) is 20.5 Å². The zero-order valence-corrected chi connectivity index (χ0v) is 14.6. The number of fused-ring (bicyclic) bond motifs is 1. The fourth-order valence-electron chi connectivity index (χ4n) is 2.08. The molecule has 0 unspecified atom stereocenters. The largest absolute Gasteiger partial charge is 0.271 e. The van der Waals surface area contributed by atoms with E-state index in [0.717, 1.165) is 16.8 Å². The number of amidine groups is 1. The maximum absolute atomic E-state index is 8.70. The van der Waals surface area contributed by atoms with Crippen molar-refractivity contribution in [1.82, 2.24) is 20.3 Å². The summed E-state index contributed by atoms with van der Waals surface area (Å²) in [6, 6.07) is 11.2. The molecule has 6 nitrogen and oxygen atoms in total. The highest BCUT2D eigenvalue weighted by Gasteiger charge is 2.07. The van der Waals surface area contributed by atoms with Crippen LogP contribution in [0.1, 0.15) is 5.56 Å². The highest BCUT2D eigenvalue weighted by Crippen LogP contribution is 2.22. The standard InChI is InChI=1S/C16H13ClN6S/c1-10-3-5-12(8-13(10)17)23-21-14-6-4-11(7-15(14)22-23)20-16(24-2)19-9-18/h3-8H,1-2H3,(H,19,20). The SMILES string of the molecule is CSC(=Nc1ccc2nn(-c3ccc(C)c(Cl)c3)nc2c1)NC#N. The number of nitrogens with zero attached hydrogens (tertiary/aromatic N) is 5. The van der Waals surface area contributed by atoms with Crippen LogP contribution in [0.5, 0.6) is 0 Å². The molecule has 0 aliphatic heterocycles. The van der Waals surface area contributed by atoms with E-state index in [1.54, 1.807) is 4.80 Å². The lowest BCUT2D eigenvalue weighted by Gasteiger charge is -2.01. The number of halogens is 1. The zero-order chi connectivity index (χ0) is 17.1. The molecule has 8 heteroatoms. The molecule has 0 spiro atoms. The second-order valence-electron chi connectivity index (χ2n) is 4.95. The minimum atomic E-state index is 0.523. The lowest BCUT2D eigenvalue weighted by molar-refractivity contribution is 0.765. The smallest absolute Gasteiger partial charge is 0.183 e. The normalized spacial score (nSPS) is 11.5. The molecular formula is C16H13ClN6S. The van der Waals surface area contributed by atoms with Crippen molar-refractivity contribution in [3.05, 3.63) is 47.0 Å². The predicted molar refractivity (Wildman–Crippen MR) is 98.0 cm³/mol. The van der Waals surface area contributed by atoms with Crippen molar-refractivity contribution in [2.45, 2.75) is 6.92 Å². The van der Waals surface area contributed by atoms with Crippen LogP contribution in [0.2, 0.25) is 5.02 Å². The summed E-state index contributed by atoms with van der Waals surface area (Å²) >= 11 is 7.53. The molecule has 0 aliphatic rings. The molecule has 2 aromatic carbocycles. The van der Waals surface area contributed by atoms with Gasteiger partial charge in [0, 0.05) is 5.02 Å². The average Bonchev–Trinajstić information content (AvgIpc) is 3.00. The maximum Gasteiger partial charge on any atom is 0.183 e. The third-order valence-corrected chi connectivity index (χ3v) is 4.32. The Morgan fingerprint density at radius 3 is 2.75 bits per heavy atom. The highest BCUT2D eigenvalue weighted by molar-refractivity contribution is 8.13. The first-order chi connectivity index (χ1) is 11.6. The third kappa shape index (κ3) is 3.35. The van der Waals surface area contributed by atoms with Crippen LogP contribution >= 0.6 is 23.4 Å². The molecule has 0 radical (unpaired) electrons. The molecule has 0 saturated carbocycles. The van der Waals surface area contributed by atoms with E-state index >= 15 is 0 Å². The Morgan fingerprint density at radius 2 is 2.04 bits per heavy atom. The van der Waals surface area contributed by atoms with Gasteiger partial charge in [0.2, 0.25) is 0 Å². The van der Waals surface area contributed by atoms with Crippen molar-refractivity contribution in [2.24, 2.45) is 4.99 Å². The minimum Gasteiger partial charge on any atom is -0.271 e. The van der Waals surface area contributed by atoms with Crippen molar-refractivity contribution in [1.29, 1.82) is 5.26 Å². The summed E-state index contributed by atoms with van der Waals surface area (Å²) in [5, 5.41) is 21.4. The molecule has 1 N–H and O–H groups in total. The van der Waals surface area contributed by atoms with Gasteiger partial charge in [0.15, 0.2) is 11.4 Å². The van der Waals surface area contributed by atoms with Gasteiger partial charge in [-0.2, -0.15) is 10.1 Å². The fourth-order valence-corrected chi connectivity index (χ4v) is 2.60. The molecule has 0 saturated heterocycles. The molecule has 0 aliphatic carbocycles. The Kier molecular flexibility index (Phi) is 4.69. The number of rotatable bonds is 2. The summed E-state index contributed by atoms with van der Waals surface area (Å²) in [4.78, 5) is 5.92. The van der Waals surface area contributed by atoms with Crippen LogP contribution in [-0.2, 0) is 0 Å². The molecular weight excluding hydrogens is 344 g/mol. The molecule has 1 heterocycles. The van der Waals surface area contributed by atoms with Crippen molar-refractivity contribution in [2.75, 3.05) is 6.26 Å². The molecule has 0 bridgehead atoms. The molecule has 3 aromatic rings. The second kappa shape index (κ2) is 6.91. The van der Waals surface area contributed by atoms with Crippen LogP contribution in [-0.4, -0.2) is 26.4 Å². The van der Waals surface area contributed by atoms with E-state index in [9.17, 15) is 0 Å². The maximum atomic E-state index is 8.70. The van der Waals surface area contributed by atoms with Gasteiger partial charge >= 0.3 is 0 Å². The van der Waals surface area contributed by atoms with Crippen LogP contribution in [0.15, 0.2) is 41.4 Å². The Bertz CT molecular complexity index is 972. The van der Waals surface area contributed by atoms with Gasteiger partial charge in [0.1, 0.15) is 11.0 Å². The van der Waals surface area contributed by atoms with Crippen LogP contribution < -0.4 is 5.32 Å². The van der Waals surface area contributed by atoms with Gasteiger partial charge in [0.25, 0.3) is 0 Å². The van der Waals surface area contributed by atoms with E-state index in [4.69, 9.17) is 16.9 Å². The van der Waals surface area contributed by atoms with E-state index in [-0.39, 0.29) is 0 Å². The summed E-state index contributed by atoms with van der Waals surface area (Å²) < 4.78 is 0. The predicted octanol–water partition coefficient (Wildman–Crippen LogP) is 3.80. The van der Waals surface area contributed by atoms with E-state index < -0.39 is 0 Å². The number of nitriles is 1. The second-order valence-corrected chi connectivity index (χ2v) is 6.16. The van der Waals surface area contributed by atoms with Gasteiger partial charge in [-0.3, -0.25) is 5.32 Å². The van der Waals surface area contributed by atoms with Crippen LogP contribution in [0.25, 0.3) is 16.7 Å². The number of hydrogen-bond donors (Lipinski definition) is 1. The van der Waals surface area contributed by atoms with Crippen molar-refractivity contribution in [3.8, 4) is 11.9 Å². The Hall–Kier alpha value is -2.56. The van der Waals surface area contributed by atoms with E-state index in [1.807, 2.05) is 55.8 Å². The molecule has 120 valence electrons. The number of aromatic nitrogens is 3. The third-order valence-electron chi connectivity index (χ3n) is 3.34. The van der Waals surface area contributed by atoms with Crippen molar-refractivity contribution >= 4 is 45.3 Å². The first kappa shape index (κ1) is 16.3. The molecule has 0 amide bonds. The Morgan fingerprint density at radius 1 is 1.25 bits per heavy atom. The average molecular weight is 357 g/mol. The summed E-state index contributed by atoms with van der Waals surface area (Å²) in [7, 11) is 0. The van der Waals surface area contributed by atoms with Gasteiger partial charge in [-0.05, 0) is 49.1 Å². The minimum absolute atomic E-state index is 0.523. The van der Waals surface area contributed by atoms with Crippen LogP contribution in [0, 0.1) is 18.4 Å². The highest BCUT2D eigenvalue weighted by atomic mass is 35.5. The monoisotopic (exact) mass is 356 g/mol. The number of thioether (sulfide) groups is 1. The molecule has 24 heavy (non-hydrogen) atoms. The van der Waals surface area contributed by atoms with Gasteiger partial charge in [-0.15, -0.1) is 10.2 Å². The number of nitrogens with one attached hydrogen (secondary N) is 1. The fraction of sp³-hybridized carbons (Fsp3) is 0.125. The number of aliphatic imine (C=N–C) groups is 1. The Balaban J connectivity index is 2.00. The number of aryl methyl sites for hydroxylation is 1. The zero-order valence-electron chi connectivity index (χ0n) is 13.0. The first-order valence-electron chi connectivity index (χ1n) is 7.02. The summed E-state index contributed by atoms with van der Waals surface area (Å²) in [5.41, 5.74) is 3.96. The van der Waals surface area contributed by atoms with Crippen LogP contribution in [0.4, 0.5) is 5.69 Å². The lowest BCUT2D eigenvalue weighted by atomic mass is 10.2. The number of hydrogen-bond acceptors (Lipinski definition) is 5. The van der Waals surface area contributed by atoms with Gasteiger partial charge < -0.3 is 0 Å². The molecule has 1 aromatic heterocycles. The quantitative estimate of drug-likeness (QED) is 0.327. The topological polar surface area (TPSA) is 78.9 Å². The molecule has 0 atom stereocenters. The first-order valence-corrected chi connectivity index (χ1v) is 8.62. The van der Waals surface area contributed by atoms with Gasteiger partial charge in [-0.25, -0.2) is 4.99 Å². The summed E-state index contributed by atoms with van der Waals surface area (Å²) in [5.74, 6) is 0. The molecule has 3 rings (SSSR count). The van der Waals surface area contributed by atoms with Crippen LogP contribution in [0.3, 0.4) is 0 Å².